The lowest BCUT2D eigenvalue weighted by Crippen LogP contribution is -3.00. The molecule has 19 heavy (non-hydrogen) atoms. The summed E-state index contributed by atoms with van der Waals surface area (Å²) in [6.07, 6.45) is 8.74. The van der Waals surface area contributed by atoms with E-state index in [0.717, 1.165) is 17.7 Å². The van der Waals surface area contributed by atoms with Crippen LogP contribution in [-0.2, 0) is 11.9 Å². The van der Waals surface area contributed by atoms with E-state index in [-0.39, 0.29) is 30.0 Å². The molecule has 1 aromatic heterocycles. The van der Waals surface area contributed by atoms with Crippen LogP contribution in [0.1, 0.15) is 25.8 Å². The molecule has 0 saturated heterocycles. The average Bonchev–Trinajstić information content (AvgIpc) is 2.72. The summed E-state index contributed by atoms with van der Waals surface area (Å²) in [6.45, 7) is 4.16. The SMILES string of the molecule is CCC=CON1SN=C(c2ccc[n+](C)c2)C1C.[I-]. The first kappa shape index (κ1) is 16.5. The largest absolute Gasteiger partial charge is 1.00 e. The summed E-state index contributed by atoms with van der Waals surface area (Å²) in [5.41, 5.74) is 2.17. The maximum atomic E-state index is 5.53. The zero-order valence-electron chi connectivity index (χ0n) is 11.3. The van der Waals surface area contributed by atoms with Gasteiger partial charge in [-0.05, 0) is 25.5 Å². The third-order valence-corrected chi connectivity index (χ3v) is 3.51. The van der Waals surface area contributed by atoms with Gasteiger partial charge in [0, 0.05) is 6.07 Å². The molecule has 6 heteroatoms. The Bertz CT molecular complexity index is 479. The molecule has 1 aliphatic rings. The highest BCUT2D eigenvalue weighted by molar-refractivity contribution is 7.96. The van der Waals surface area contributed by atoms with Gasteiger partial charge in [-0.25, -0.2) is 4.57 Å². The molecule has 1 aromatic rings. The number of hydroxylamine groups is 1. The Kier molecular flexibility index (Phi) is 6.81. The van der Waals surface area contributed by atoms with Gasteiger partial charge < -0.3 is 28.8 Å². The highest BCUT2D eigenvalue weighted by atomic mass is 127. The third kappa shape index (κ3) is 4.19. The maximum Gasteiger partial charge on any atom is 0.177 e. The monoisotopic (exact) mass is 391 g/mol. The fraction of sp³-hybridized carbons (Fsp3) is 0.385. The molecule has 0 bridgehead atoms. The van der Waals surface area contributed by atoms with Crippen molar-refractivity contribution >= 4 is 17.8 Å². The van der Waals surface area contributed by atoms with Crippen LogP contribution in [0.5, 0.6) is 0 Å². The van der Waals surface area contributed by atoms with Gasteiger partial charge in [-0.1, -0.05) is 11.4 Å². The van der Waals surface area contributed by atoms with Crippen LogP contribution in [0.25, 0.3) is 0 Å². The number of allylic oxidation sites excluding steroid dienone is 1. The van der Waals surface area contributed by atoms with Crippen LogP contribution in [0, 0.1) is 0 Å². The van der Waals surface area contributed by atoms with Gasteiger partial charge >= 0.3 is 0 Å². The number of halogens is 1. The second-order valence-electron chi connectivity index (χ2n) is 4.16. The normalized spacial score (nSPS) is 19.3. The zero-order chi connectivity index (χ0) is 13.0. The van der Waals surface area contributed by atoms with Crippen molar-refractivity contribution in [1.82, 2.24) is 4.47 Å². The first-order chi connectivity index (χ1) is 8.72. The van der Waals surface area contributed by atoms with Crippen LogP contribution in [-0.4, -0.2) is 16.2 Å². The number of hydrogen-bond donors (Lipinski definition) is 0. The molecular weight excluding hydrogens is 373 g/mol. The van der Waals surface area contributed by atoms with Crippen LogP contribution >= 0.6 is 12.1 Å². The van der Waals surface area contributed by atoms with Crippen molar-refractivity contribution in [2.45, 2.75) is 26.3 Å². The molecule has 0 spiro atoms. The average molecular weight is 391 g/mol. The molecule has 0 fully saturated rings. The van der Waals surface area contributed by atoms with E-state index in [1.54, 1.807) is 10.7 Å². The molecule has 2 rings (SSSR count). The number of hydrogen-bond acceptors (Lipinski definition) is 4. The Morgan fingerprint density at radius 2 is 2.37 bits per heavy atom. The highest BCUT2D eigenvalue weighted by Gasteiger charge is 2.29. The van der Waals surface area contributed by atoms with Crippen LogP contribution in [0.4, 0.5) is 0 Å². The molecule has 0 amide bonds. The summed E-state index contributed by atoms with van der Waals surface area (Å²) < 4.78 is 8.30. The first-order valence-electron chi connectivity index (χ1n) is 6.04. The molecule has 0 aliphatic carbocycles. The van der Waals surface area contributed by atoms with E-state index in [2.05, 4.69) is 30.5 Å². The second-order valence-corrected chi connectivity index (χ2v) is 4.87. The van der Waals surface area contributed by atoms with Gasteiger partial charge in [0.25, 0.3) is 0 Å². The first-order valence-corrected chi connectivity index (χ1v) is 6.77. The minimum atomic E-state index is 0. The summed E-state index contributed by atoms with van der Waals surface area (Å²) in [6, 6.07) is 4.23. The Labute approximate surface area is 135 Å². The Balaban J connectivity index is 0.00000180. The molecule has 4 nitrogen and oxygen atoms in total. The third-order valence-electron chi connectivity index (χ3n) is 2.66. The Morgan fingerprint density at radius 3 is 3.05 bits per heavy atom. The van der Waals surface area contributed by atoms with E-state index >= 15 is 0 Å². The van der Waals surface area contributed by atoms with E-state index in [1.807, 2.05) is 30.0 Å². The predicted molar refractivity (Wildman–Crippen MR) is 73.6 cm³/mol. The quantitative estimate of drug-likeness (QED) is 0.298. The topological polar surface area (TPSA) is 28.7 Å². The molecule has 0 saturated carbocycles. The minimum Gasteiger partial charge on any atom is -1.00 e. The Morgan fingerprint density at radius 1 is 1.58 bits per heavy atom. The standard InChI is InChI=1S/C13H18N3OS.HI/c1-4-5-9-17-16-11(2)13(14-18-16)12-7-6-8-15(3)10-12;/h5-11H,4H2,1-3H3;1H/q+1;/p-1. The molecular formula is C13H18IN3OS. The van der Waals surface area contributed by atoms with E-state index in [4.69, 9.17) is 4.84 Å². The molecule has 0 radical (unpaired) electrons. The molecule has 104 valence electrons. The van der Waals surface area contributed by atoms with Crippen molar-refractivity contribution in [2.24, 2.45) is 11.4 Å². The van der Waals surface area contributed by atoms with Crippen LogP contribution in [0.3, 0.4) is 0 Å². The highest BCUT2D eigenvalue weighted by Crippen LogP contribution is 2.28. The van der Waals surface area contributed by atoms with E-state index < -0.39 is 0 Å². The number of rotatable bonds is 4. The molecule has 0 aromatic carbocycles. The molecule has 2 heterocycles. The van der Waals surface area contributed by atoms with Crippen molar-refractivity contribution in [3.8, 4) is 0 Å². The van der Waals surface area contributed by atoms with Gasteiger partial charge in [-0.2, -0.15) is 4.40 Å². The lowest BCUT2D eigenvalue weighted by Gasteiger charge is -2.16. The van der Waals surface area contributed by atoms with Crippen molar-refractivity contribution < 1.29 is 33.4 Å². The zero-order valence-corrected chi connectivity index (χ0v) is 14.3. The van der Waals surface area contributed by atoms with Crippen molar-refractivity contribution in [1.29, 1.82) is 0 Å². The maximum absolute atomic E-state index is 5.53. The molecule has 1 unspecified atom stereocenters. The predicted octanol–water partition coefficient (Wildman–Crippen LogP) is -0.573. The second kappa shape index (κ2) is 7.86. The number of nitrogens with zero attached hydrogens (tertiary/aromatic N) is 3. The van der Waals surface area contributed by atoms with Gasteiger partial charge in [0.05, 0.1) is 11.3 Å². The van der Waals surface area contributed by atoms with Crippen molar-refractivity contribution in [3.63, 3.8) is 0 Å². The van der Waals surface area contributed by atoms with Gasteiger partial charge in [0.1, 0.15) is 31.5 Å². The summed E-state index contributed by atoms with van der Waals surface area (Å²) in [7, 11) is 2.01. The summed E-state index contributed by atoms with van der Waals surface area (Å²) in [5.74, 6) is 0. The van der Waals surface area contributed by atoms with E-state index in [1.165, 1.54) is 12.1 Å². The molecule has 1 atom stereocenters. The van der Waals surface area contributed by atoms with E-state index in [9.17, 15) is 0 Å². The van der Waals surface area contributed by atoms with Gasteiger partial charge in [0.2, 0.25) is 0 Å². The van der Waals surface area contributed by atoms with Crippen LogP contribution in [0.2, 0.25) is 0 Å². The summed E-state index contributed by atoms with van der Waals surface area (Å²) >= 11 is 1.35. The minimum absolute atomic E-state index is 0. The summed E-state index contributed by atoms with van der Waals surface area (Å²) in [5, 5.41) is 0. The molecule has 1 aliphatic heterocycles. The number of aromatic nitrogens is 1. The van der Waals surface area contributed by atoms with Gasteiger partial charge in [-0.3, -0.25) is 0 Å². The van der Waals surface area contributed by atoms with Crippen LogP contribution in [0.15, 0.2) is 41.3 Å². The van der Waals surface area contributed by atoms with Crippen molar-refractivity contribution in [2.75, 3.05) is 0 Å². The van der Waals surface area contributed by atoms with Gasteiger partial charge in [0.15, 0.2) is 12.4 Å². The Hall–Kier alpha value is -0.600. The number of pyridine rings is 1. The fourth-order valence-electron chi connectivity index (χ4n) is 1.67. The lowest BCUT2D eigenvalue weighted by molar-refractivity contribution is -0.671. The van der Waals surface area contributed by atoms with Crippen LogP contribution < -0.4 is 28.5 Å². The summed E-state index contributed by atoms with van der Waals surface area (Å²) in [4.78, 5) is 5.53. The van der Waals surface area contributed by atoms with Gasteiger partial charge in [-0.15, -0.1) is 0 Å². The number of aryl methyl sites for hydroxylation is 1. The molecule has 0 N–H and O–H groups in total. The fourth-order valence-corrected chi connectivity index (χ4v) is 2.43. The van der Waals surface area contributed by atoms with E-state index in [0.29, 0.717) is 0 Å². The lowest BCUT2D eigenvalue weighted by atomic mass is 10.1. The van der Waals surface area contributed by atoms with Crippen molar-refractivity contribution in [3.05, 3.63) is 42.4 Å². The smallest absolute Gasteiger partial charge is 0.177 e.